The molecular weight excluding hydrogens is 548 g/mol. The second-order valence-electron chi connectivity index (χ2n) is 13.5. The summed E-state index contributed by atoms with van der Waals surface area (Å²) >= 11 is 0. The van der Waals surface area contributed by atoms with Gasteiger partial charge in [0.2, 0.25) is 0 Å². The number of ketones is 1. The largest absolute Gasteiger partial charge is 0.462 e. The standard InChI is InChI=1S/C31H40O11/c1-17(32)30-9-6-5-7-23(34)41-21-14-22-31(37)15-20-26(42-22)29(28(21,31)4,11-10-27(20,3)36)16-38-24(35)13-19(8-12-39-30)25(30)40-18(2)33/h5,7,13,20-22,25-26,36-37H,6,8-12,14-16H2,1-4H3/t20-,21+,22+,25+,26+,27-,28+,29+,30+,31-/m0/s1. The van der Waals surface area contributed by atoms with Crippen molar-refractivity contribution >= 4 is 23.7 Å². The van der Waals surface area contributed by atoms with Gasteiger partial charge in [0.25, 0.3) is 0 Å². The fraction of sp³-hybridized carbons (Fsp3) is 0.742. The quantitative estimate of drug-likeness (QED) is 0.359. The van der Waals surface area contributed by atoms with E-state index in [1.165, 1.54) is 26.0 Å². The third-order valence-corrected chi connectivity index (χ3v) is 11.5. The van der Waals surface area contributed by atoms with Crippen molar-refractivity contribution in [3.8, 4) is 0 Å². The zero-order chi connectivity index (χ0) is 30.3. The Morgan fingerprint density at radius 2 is 1.81 bits per heavy atom. The monoisotopic (exact) mass is 588 g/mol. The first-order chi connectivity index (χ1) is 19.7. The molecule has 3 saturated heterocycles. The highest BCUT2D eigenvalue weighted by Gasteiger charge is 2.83. The SMILES string of the molecule is CC(=O)O[C@@H]1C2=CC(=O)OC[C@@]34CC[C@](C)(O)[C@H]5C[C@]6(O)[C@@H](C[C@@H](OC(=O)C=CCC[C@]1(C(C)=O)OCC2)[C@]36C)O[C@H]54. The van der Waals surface area contributed by atoms with Crippen LogP contribution in [0.5, 0.6) is 0 Å². The number of rotatable bonds is 2. The first kappa shape index (κ1) is 29.5. The smallest absolute Gasteiger partial charge is 0.330 e. The van der Waals surface area contributed by atoms with Crippen LogP contribution in [0.15, 0.2) is 23.8 Å². The molecule has 8 bridgehead atoms. The first-order valence-electron chi connectivity index (χ1n) is 14.9. The fourth-order valence-electron chi connectivity index (χ4n) is 9.16. The number of hydrogen-bond acceptors (Lipinski definition) is 11. The lowest BCUT2D eigenvalue weighted by Gasteiger charge is -2.71. The summed E-state index contributed by atoms with van der Waals surface area (Å²) in [5, 5.41) is 23.6. The molecule has 6 fully saturated rings. The molecule has 2 N–H and O–H groups in total. The summed E-state index contributed by atoms with van der Waals surface area (Å²) in [6, 6.07) is 0. The van der Waals surface area contributed by atoms with E-state index >= 15 is 0 Å². The van der Waals surface area contributed by atoms with Crippen LogP contribution in [0.25, 0.3) is 0 Å². The van der Waals surface area contributed by atoms with Gasteiger partial charge in [0.1, 0.15) is 18.3 Å². The highest BCUT2D eigenvalue weighted by atomic mass is 16.6. The number of ether oxygens (including phenoxy) is 5. The Labute approximate surface area is 244 Å². The number of cyclic esters (lactones) is 1. The molecular formula is C31H40O11. The van der Waals surface area contributed by atoms with Crippen LogP contribution in [0.3, 0.4) is 0 Å². The molecule has 42 heavy (non-hydrogen) atoms. The third-order valence-electron chi connectivity index (χ3n) is 11.5. The maximum atomic E-state index is 13.5. The Hall–Kier alpha value is -2.60. The normalized spacial score (nSPS) is 48.1. The summed E-state index contributed by atoms with van der Waals surface area (Å²) in [6.45, 7) is 6.19. The van der Waals surface area contributed by atoms with E-state index in [1.807, 2.05) is 6.92 Å². The maximum Gasteiger partial charge on any atom is 0.330 e. The number of esters is 3. The number of allylic oxidation sites excluding steroid dienone is 1. The molecule has 4 heterocycles. The summed E-state index contributed by atoms with van der Waals surface area (Å²) in [7, 11) is 0. The van der Waals surface area contributed by atoms with E-state index in [0.29, 0.717) is 18.4 Å². The van der Waals surface area contributed by atoms with Crippen molar-refractivity contribution in [2.45, 2.75) is 114 Å². The van der Waals surface area contributed by atoms with E-state index in [9.17, 15) is 29.4 Å². The van der Waals surface area contributed by atoms with E-state index in [-0.39, 0.29) is 51.1 Å². The van der Waals surface area contributed by atoms with Gasteiger partial charge in [-0.2, -0.15) is 0 Å². The second kappa shape index (κ2) is 9.70. The zero-order valence-electron chi connectivity index (χ0n) is 24.6. The molecule has 0 amide bonds. The van der Waals surface area contributed by atoms with Crippen molar-refractivity contribution in [1.82, 2.24) is 0 Å². The molecule has 230 valence electrons. The van der Waals surface area contributed by atoms with Crippen LogP contribution in [-0.2, 0) is 42.9 Å². The van der Waals surface area contributed by atoms with E-state index < -0.39 is 75.9 Å². The third kappa shape index (κ3) is 3.92. The van der Waals surface area contributed by atoms with Gasteiger partial charge in [-0.15, -0.1) is 0 Å². The number of hydrogen-bond donors (Lipinski definition) is 2. The molecule has 0 aromatic rings. The van der Waals surface area contributed by atoms with Gasteiger partial charge in [-0.1, -0.05) is 13.0 Å². The molecule has 1 spiro atoms. The van der Waals surface area contributed by atoms with Gasteiger partial charge in [-0.25, -0.2) is 9.59 Å². The lowest BCUT2D eigenvalue weighted by molar-refractivity contribution is -0.377. The van der Waals surface area contributed by atoms with Crippen molar-refractivity contribution in [1.29, 1.82) is 0 Å². The Balaban J connectivity index is 1.43. The molecule has 0 radical (unpaired) electrons. The zero-order valence-corrected chi connectivity index (χ0v) is 24.6. The highest BCUT2D eigenvalue weighted by molar-refractivity contribution is 5.89. The summed E-state index contributed by atoms with van der Waals surface area (Å²) in [6.07, 6.45) is 3.06. The molecule has 11 heteroatoms. The van der Waals surface area contributed by atoms with Gasteiger partial charge in [-0.05, 0) is 57.9 Å². The van der Waals surface area contributed by atoms with Crippen LogP contribution in [0.1, 0.15) is 72.6 Å². The number of aliphatic hydroxyl groups is 2. The summed E-state index contributed by atoms with van der Waals surface area (Å²) < 4.78 is 30.0. The summed E-state index contributed by atoms with van der Waals surface area (Å²) in [5.74, 6) is -2.72. The molecule has 3 aliphatic carbocycles. The average Bonchev–Trinajstić information content (AvgIpc) is 3.06. The topological polar surface area (TPSA) is 155 Å². The van der Waals surface area contributed by atoms with Crippen molar-refractivity contribution < 1.29 is 53.1 Å². The minimum atomic E-state index is -1.54. The Kier molecular flexibility index (Phi) is 6.81. The van der Waals surface area contributed by atoms with E-state index in [2.05, 4.69) is 0 Å². The van der Waals surface area contributed by atoms with Crippen LogP contribution in [0.4, 0.5) is 0 Å². The number of Topliss-reactive ketones (excluding diaryl/α,β-unsaturated/α-hetero) is 1. The number of fused-ring (bicyclic) bond motifs is 2. The lowest BCUT2D eigenvalue weighted by Crippen LogP contribution is -2.80. The van der Waals surface area contributed by atoms with E-state index in [4.69, 9.17) is 23.7 Å². The van der Waals surface area contributed by atoms with Crippen LogP contribution >= 0.6 is 0 Å². The Morgan fingerprint density at radius 1 is 1.05 bits per heavy atom. The highest BCUT2D eigenvalue weighted by Crippen LogP contribution is 2.74. The number of carbonyl (C=O) groups is 4. The molecule has 0 aromatic heterocycles. The Morgan fingerprint density at radius 3 is 2.52 bits per heavy atom. The van der Waals surface area contributed by atoms with Crippen molar-refractivity contribution in [2.75, 3.05) is 13.2 Å². The fourth-order valence-corrected chi connectivity index (χ4v) is 9.16. The average molecular weight is 589 g/mol. The molecule has 10 atom stereocenters. The maximum absolute atomic E-state index is 13.5. The minimum Gasteiger partial charge on any atom is -0.462 e. The predicted molar refractivity (Wildman–Crippen MR) is 144 cm³/mol. The molecule has 0 aromatic carbocycles. The second-order valence-corrected chi connectivity index (χ2v) is 13.5. The van der Waals surface area contributed by atoms with Crippen molar-refractivity contribution in [2.24, 2.45) is 16.7 Å². The van der Waals surface area contributed by atoms with Crippen LogP contribution < -0.4 is 0 Å². The van der Waals surface area contributed by atoms with Gasteiger partial charge >= 0.3 is 17.9 Å². The van der Waals surface area contributed by atoms with Gasteiger partial charge in [0, 0.05) is 42.2 Å². The number of carbonyl (C=O) groups excluding carboxylic acids is 4. The van der Waals surface area contributed by atoms with Crippen LogP contribution in [0.2, 0.25) is 0 Å². The first-order valence-corrected chi connectivity index (χ1v) is 14.9. The Bertz CT molecular complexity index is 1270. The molecule has 11 nitrogen and oxygen atoms in total. The van der Waals surface area contributed by atoms with Crippen LogP contribution in [0, 0.1) is 16.7 Å². The van der Waals surface area contributed by atoms with E-state index in [0.717, 1.165) is 0 Å². The summed E-state index contributed by atoms with van der Waals surface area (Å²) in [5.41, 5.74) is -5.61. The van der Waals surface area contributed by atoms with Crippen molar-refractivity contribution in [3.63, 3.8) is 0 Å². The molecule has 0 unspecified atom stereocenters. The minimum absolute atomic E-state index is 0.0966. The van der Waals surface area contributed by atoms with Gasteiger partial charge in [0.15, 0.2) is 17.5 Å². The molecule has 7 rings (SSSR count). The van der Waals surface area contributed by atoms with E-state index in [1.54, 1.807) is 13.0 Å². The van der Waals surface area contributed by atoms with Gasteiger partial charge in [0.05, 0.1) is 24.4 Å². The molecule has 3 saturated carbocycles. The van der Waals surface area contributed by atoms with Gasteiger partial charge < -0.3 is 33.9 Å². The van der Waals surface area contributed by atoms with Gasteiger partial charge in [-0.3, -0.25) is 9.59 Å². The molecule has 7 aliphatic rings. The van der Waals surface area contributed by atoms with Crippen LogP contribution in [-0.4, -0.2) is 88.3 Å². The van der Waals surface area contributed by atoms with Crippen molar-refractivity contribution in [3.05, 3.63) is 23.8 Å². The molecule has 4 aliphatic heterocycles. The summed E-state index contributed by atoms with van der Waals surface area (Å²) in [4.78, 5) is 51.7. The lowest BCUT2D eigenvalue weighted by atomic mass is 9.40. The predicted octanol–water partition coefficient (Wildman–Crippen LogP) is 1.86.